The van der Waals surface area contributed by atoms with E-state index in [0.717, 1.165) is 32.0 Å². The Hall–Kier alpha value is -1.89. The molecular formula is C16H20FN2O4. The lowest BCUT2D eigenvalue weighted by atomic mass is 9.61. The number of anilines is 1. The van der Waals surface area contributed by atoms with E-state index in [1.54, 1.807) is 7.11 Å². The normalized spacial score (nSPS) is 19.3. The van der Waals surface area contributed by atoms with Crippen LogP contribution < -0.4 is 9.64 Å². The second-order valence-corrected chi connectivity index (χ2v) is 6.35. The summed E-state index contributed by atoms with van der Waals surface area (Å²) >= 11 is 0. The van der Waals surface area contributed by atoms with Crippen molar-refractivity contribution in [1.82, 2.24) is 0 Å². The van der Waals surface area contributed by atoms with Crippen LogP contribution in [0.25, 0.3) is 0 Å². The van der Waals surface area contributed by atoms with Crippen molar-refractivity contribution in [1.29, 1.82) is 0 Å². The summed E-state index contributed by atoms with van der Waals surface area (Å²) in [7, 11) is 1.70. The van der Waals surface area contributed by atoms with Crippen molar-refractivity contribution in [3.8, 4) is 5.75 Å². The first-order valence-corrected chi connectivity index (χ1v) is 7.66. The first-order chi connectivity index (χ1) is 11.0. The van der Waals surface area contributed by atoms with Crippen LogP contribution in [-0.4, -0.2) is 37.8 Å². The molecule has 1 aliphatic heterocycles. The van der Waals surface area contributed by atoms with Gasteiger partial charge in [0.1, 0.15) is 0 Å². The molecule has 0 amide bonds. The van der Waals surface area contributed by atoms with Crippen LogP contribution in [0.15, 0.2) is 12.1 Å². The molecular weight excluding hydrogens is 303 g/mol. The Labute approximate surface area is 134 Å². The van der Waals surface area contributed by atoms with Gasteiger partial charge in [0.15, 0.2) is 11.6 Å². The first-order valence-electron chi connectivity index (χ1n) is 7.66. The summed E-state index contributed by atoms with van der Waals surface area (Å²) in [5.41, 5.74) is 0.225. The lowest BCUT2D eigenvalue weighted by molar-refractivity contribution is -0.386. The Bertz CT molecular complexity index is 608. The lowest BCUT2D eigenvalue weighted by Gasteiger charge is -2.59. The van der Waals surface area contributed by atoms with Gasteiger partial charge >= 0.3 is 5.69 Å². The van der Waals surface area contributed by atoms with Crippen LogP contribution in [0.1, 0.15) is 19.3 Å². The van der Waals surface area contributed by atoms with Crippen molar-refractivity contribution in [2.45, 2.75) is 25.4 Å². The van der Waals surface area contributed by atoms with Crippen molar-refractivity contribution < 1.29 is 18.8 Å². The Morgan fingerprint density at radius 1 is 1.48 bits per heavy atom. The number of nitro benzene ring substituents is 1. The molecule has 1 aromatic carbocycles. The quantitative estimate of drug-likeness (QED) is 0.595. The largest absolute Gasteiger partial charge is 0.487 e. The van der Waals surface area contributed by atoms with Crippen molar-refractivity contribution in [3.05, 3.63) is 35.0 Å². The second-order valence-electron chi connectivity index (χ2n) is 6.35. The van der Waals surface area contributed by atoms with Crippen LogP contribution in [0.5, 0.6) is 5.75 Å². The molecule has 1 spiro atoms. The van der Waals surface area contributed by atoms with E-state index in [2.05, 4.69) is 6.92 Å². The molecule has 0 unspecified atom stereocenters. The van der Waals surface area contributed by atoms with Gasteiger partial charge in [0, 0.05) is 31.7 Å². The fourth-order valence-corrected chi connectivity index (χ4v) is 3.48. The van der Waals surface area contributed by atoms with Crippen LogP contribution in [0, 0.1) is 28.3 Å². The van der Waals surface area contributed by atoms with Gasteiger partial charge in [-0.3, -0.25) is 10.1 Å². The smallest absolute Gasteiger partial charge is 0.314 e. The van der Waals surface area contributed by atoms with Crippen LogP contribution >= 0.6 is 0 Å². The zero-order valence-corrected chi connectivity index (χ0v) is 13.1. The van der Waals surface area contributed by atoms with Crippen LogP contribution in [0.4, 0.5) is 15.8 Å². The Morgan fingerprint density at radius 3 is 2.74 bits per heavy atom. The fraction of sp³-hybridized carbons (Fsp3) is 0.562. The van der Waals surface area contributed by atoms with Gasteiger partial charge in [-0.25, -0.2) is 4.39 Å². The minimum atomic E-state index is -0.627. The molecule has 2 aliphatic rings. The maximum Gasteiger partial charge on any atom is 0.314 e. The topological polar surface area (TPSA) is 64.8 Å². The van der Waals surface area contributed by atoms with Crippen LogP contribution in [0.3, 0.4) is 0 Å². The molecule has 2 fully saturated rings. The molecule has 0 bridgehead atoms. The zero-order valence-electron chi connectivity index (χ0n) is 13.1. The number of methoxy groups -OCH3 is 1. The first kappa shape index (κ1) is 16.0. The number of ether oxygens (including phenoxy) is 2. The number of hydrogen-bond donors (Lipinski definition) is 0. The van der Waals surface area contributed by atoms with Crippen LogP contribution in [-0.2, 0) is 4.74 Å². The van der Waals surface area contributed by atoms with Gasteiger partial charge in [-0.2, -0.15) is 0 Å². The number of nitrogens with zero attached hydrogens (tertiary/aromatic N) is 2. The molecule has 0 N–H and O–H groups in total. The summed E-state index contributed by atoms with van der Waals surface area (Å²) in [6.45, 7) is 5.39. The van der Waals surface area contributed by atoms with Gasteiger partial charge in [-0.15, -0.1) is 0 Å². The minimum Gasteiger partial charge on any atom is -0.487 e. The fourth-order valence-electron chi connectivity index (χ4n) is 3.48. The summed E-state index contributed by atoms with van der Waals surface area (Å²) < 4.78 is 24.9. The number of halogens is 1. The molecule has 6 nitrogen and oxygen atoms in total. The molecule has 1 aliphatic carbocycles. The highest BCUT2D eigenvalue weighted by atomic mass is 19.1. The molecule has 0 atom stereocenters. The van der Waals surface area contributed by atoms with Gasteiger partial charge in [0.2, 0.25) is 0 Å². The molecule has 23 heavy (non-hydrogen) atoms. The van der Waals surface area contributed by atoms with Gasteiger partial charge in [-0.1, -0.05) is 0 Å². The Balaban J connectivity index is 1.76. The molecule has 0 aromatic heterocycles. The average Bonchev–Trinajstić information content (AvgIpc) is 2.44. The number of hydrogen-bond acceptors (Lipinski definition) is 5. The van der Waals surface area contributed by atoms with E-state index in [1.807, 2.05) is 4.90 Å². The molecule has 3 rings (SSSR count). The summed E-state index contributed by atoms with van der Waals surface area (Å²) in [5, 5.41) is 11.0. The molecule has 1 radical (unpaired) electrons. The molecule has 1 saturated carbocycles. The Kier molecular flexibility index (Phi) is 4.14. The summed E-state index contributed by atoms with van der Waals surface area (Å²) in [5.74, 6) is -0.490. The molecule has 1 aromatic rings. The van der Waals surface area contributed by atoms with Gasteiger partial charge in [-0.05, 0) is 26.2 Å². The summed E-state index contributed by atoms with van der Waals surface area (Å²) in [6, 6.07) is 2.37. The van der Waals surface area contributed by atoms with Crippen molar-refractivity contribution in [3.63, 3.8) is 0 Å². The standard InChI is InChI=1S/C16H20FN2O4/c1-3-4-23-15-6-13(12(17)5-14(15)19(20)21)18-9-16(10-18)7-11(8-16)22-2/h5-6,11H,1,3-4,7-10H2,2H3. The Morgan fingerprint density at radius 2 is 2.17 bits per heavy atom. The van der Waals surface area contributed by atoms with Crippen molar-refractivity contribution >= 4 is 11.4 Å². The summed E-state index contributed by atoms with van der Waals surface area (Å²) in [6.07, 6.45) is 2.75. The number of rotatable bonds is 6. The highest BCUT2D eigenvalue weighted by molar-refractivity contribution is 5.62. The highest BCUT2D eigenvalue weighted by Gasteiger charge is 2.53. The number of nitro groups is 1. The van der Waals surface area contributed by atoms with Gasteiger partial charge in [0.25, 0.3) is 0 Å². The molecule has 1 saturated heterocycles. The predicted molar refractivity (Wildman–Crippen MR) is 83.2 cm³/mol. The number of benzene rings is 1. The lowest BCUT2D eigenvalue weighted by Crippen LogP contribution is -2.64. The molecule has 125 valence electrons. The maximum absolute atomic E-state index is 14.3. The van der Waals surface area contributed by atoms with Crippen LogP contribution in [0.2, 0.25) is 0 Å². The van der Waals surface area contributed by atoms with E-state index in [4.69, 9.17) is 9.47 Å². The van der Waals surface area contributed by atoms with Gasteiger partial charge in [0.05, 0.1) is 29.4 Å². The zero-order chi connectivity index (χ0) is 16.6. The van der Waals surface area contributed by atoms with E-state index in [1.165, 1.54) is 6.07 Å². The van der Waals surface area contributed by atoms with Gasteiger partial charge < -0.3 is 14.4 Å². The molecule has 1 heterocycles. The van der Waals surface area contributed by atoms with Crippen molar-refractivity contribution in [2.24, 2.45) is 5.41 Å². The average molecular weight is 323 g/mol. The van der Waals surface area contributed by atoms with E-state index in [-0.39, 0.29) is 23.5 Å². The maximum atomic E-state index is 14.3. The van der Waals surface area contributed by atoms with E-state index >= 15 is 0 Å². The van der Waals surface area contributed by atoms with E-state index < -0.39 is 10.7 Å². The monoisotopic (exact) mass is 323 g/mol. The van der Waals surface area contributed by atoms with Crippen molar-refractivity contribution in [2.75, 3.05) is 31.7 Å². The second kappa shape index (κ2) is 5.96. The van der Waals surface area contributed by atoms with E-state index in [9.17, 15) is 14.5 Å². The molecule has 7 heteroatoms. The SMILES string of the molecule is [CH2]CCOc1cc(N2CC3(CC(OC)C3)C2)c(F)cc1[N+](=O)[O-]. The third-order valence-corrected chi connectivity index (χ3v) is 4.67. The highest BCUT2D eigenvalue weighted by Crippen LogP contribution is 2.51. The summed E-state index contributed by atoms with van der Waals surface area (Å²) in [4.78, 5) is 12.3. The third kappa shape index (κ3) is 2.85. The minimum absolute atomic E-state index is 0.0966. The third-order valence-electron chi connectivity index (χ3n) is 4.67. The predicted octanol–water partition coefficient (Wildman–Crippen LogP) is 2.95. The van der Waals surface area contributed by atoms with E-state index in [0.29, 0.717) is 18.2 Å².